The number of hydrogen-bond donors (Lipinski definition) is 1. The van der Waals surface area contributed by atoms with Gasteiger partial charge < -0.3 is 4.98 Å². The smallest absolute Gasteiger partial charge is 0.355 e. The largest absolute Gasteiger partial charge is 0.417 e. The Hall–Kier alpha value is -1.94. The molecule has 3 aromatic rings. The van der Waals surface area contributed by atoms with Crippen molar-refractivity contribution in [3.63, 3.8) is 0 Å². The number of rotatable bonds is 1. The van der Waals surface area contributed by atoms with Crippen molar-refractivity contribution in [2.24, 2.45) is 0 Å². The van der Waals surface area contributed by atoms with Gasteiger partial charge >= 0.3 is 6.18 Å². The van der Waals surface area contributed by atoms with Crippen molar-refractivity contribution in [2.75, 3.05) is 0 Å². The summed E-state index contributed by atoms with van der Waals surface area (Å²) in [6.45, 7) is 0. The summed E-state index contributed by atoms with van der Waals surface area (Å²) in [6, 6.07) is 13.6. The summed E-state index contributed by atoms with van der Waals surface area (Å²) in [4.78, 5) is 2.99. The van der Waals surface area contributed by atoms with Crippen molar-refractivity contribution in [3.8, 4) is 11.3 Å². The second-order valence-electron chi connectivity index (χ2n) is 4.47. The van der Waals surface area contributed by atoms with E-state index in [1.807, 2.05) is 30.3 Å². The molecule has 0 saturated heterocycles. The molecule has 1 N–H and O–H groups in total. The number of alkyl halides is 3. The molecule has 1 nitrogen and oxygen atoms in total. The molecule has 0 amide bonds. The van der Waals surface area contributed by atoms with Crippen LogP contribution in [0.4, 0.5) is 13.2 Å². The number of benzene rings is 2. The van der Waals surface area contributed by atoms with Crippen molar-refractivity contribution < 1.29 is 13.2 Å². The Morgan fingerprint density at radius 2 is 1.65 bits per heavy atom. The Morgan fingerprint density at radius 3 is 2.30 bits per heavy atom. The predicted molar refractivity (Wildman–Crippen MR) is 73.7 cm³/mol. The summed E-state index contributed by atoms with van der Waals surface area (Å²) in [5.41, 5.74) is 1.26. The van der Waals surface area contributed by atoms with Crippen LogP contribution >= 0.6 is 11.6 Å². The van der Waals surface area contributed by atoms with Crippen LogP contribution in [0.3, 0.4) is 0 Å². The van der Waals surface area contributed by atoms with Gasteiger partial charge in [-0.3, -0.25) is 0 Å². The number of fused-ring (bicyclic) bond motifs is 1. The van der Waals surface area contributed by atoms with Gasteiger partial charge in [0.05, 0.1) is 10.6 Å². The summed E-state index contributed by atoms with van der Waals surface area (Å²) in [7, 11) is 0. The maximum Gasteiger partial charge on any atom is 0.417 e. The topological polar surface area (TPSA) is 15.8 Å². The molecule has 0 fully saturated rings. The van der Waals surface area contributed by atoms with Gasteiger partial charge in [0.2, 0.25) is 0 Å². The third kappa shape index (κ3) is 2.27. The minimum absolute atomic E-state index is 0.288. The molecular formula is C15H9ClF3N. The summed E-state index contributed by atoms with van der Waals surface area (Å²) in [6.07, 6.45) is -4.46. The van der Waals surface area contributed by atoms with E-state index in [0.717, 1.165) is 17.3 Å². The molecule has 20 heavy (non-hydrogen) atoms. The molecule has 3 rings (SSSR count). The molecule has 0 aliphatic carbocycles. The third-order valence-corrected chi connectivity index (χ3v) is 3.41. The van der Waals surface area contributed by atoms with Gasteiger partial charge in [0.25, 0.3) is 0 Å². The molecule has 0 bridgehead atoms. The molecule has 0 spiro atoms. The third-order valence-electron chi connectivity index (χ3n) is 3.10. The molecule has 0 atom stereocenters. The highest BCUT2D eigenvalue weighted by Gasteiger charge is 2.33. The van der Waals surface area contributed by atoms with E-state index in [-0.39, 0.29) is 5.02 Å². The van der Waals surface area contributed by atoms with Crippen LogP contribution in [-0.2, 0) is 6.18 Å². The van der Waals surface area contributed by atoms with Crippen LogP contribution in [-0.4, -0.2) is 4.98 Å². The number of aromatic amines is 1. The van der Waals surface area contributed by atoms with E-state index in [0.29, 0.717) is 10.9 Å². The van der Waals surface area contributed by atoms with E-state index in [1.54, 1.807) is 6.07 Å². The van der Waals surface area contributed by atoms with E-state index in [9.17, 15) is 13.2 Å². The van der Waals surface area contributed by atoms with E-state index in [2.05, 4.69) is 4.98 Å². The summed E-state index contributed by atoms with van der Waals surface area (Å²) < 4.78 is 38.4. The Bertz CT molecular complexity index is 760. The molecule has 5 heteroatoms. The molecule has 2 aromatic carbocycles. The highest BCUT2D eigenvalue weighted by molar-refractivity contribution is 6.32. The summed E-state index contributed by atoms with van der Waals surface area (Å²) >= 11 is 5.71. The first-order valence-corrected chi connectivity index (χ1v) is 6.28. The van der Waals surface area contributed by atoms with E-state index in [1.165, 1.54) is 6.07 Å². The molecule has 0 aliphatic heterocycles. The minimum Gasteiger partial charge on any atom is -0.355 e. The fraction of sp³-hybridized carbons (Fsp3) is 0.0667. The van der Waals surface area contributed by atoms with Crippen LogP contribution in [0.2, 0.25) is 5.02 Å². The molecule has 1 heterocycles. The average molecular weight is 296 g/mol. The molecule has 0 aliphatic rings. The molecule has 0 saturated carbocycles. The Kier molecular flexibility index (Phi) is 2.98. The number of halogens is 4. The zero-order valence-corrected chi connectivity index (χ0v) is 10.9. The van der Waals surface area contributed by atoms with Gasteiger partial charge in [-0.2, -0.15) is 13.2 Å². The molecular weight excluding hydrogens is 287 g/mol. The number of nitrogens with one attached hydrogen (secondary N) is 1. The number of hydrogen-bond acceptors (Lipinski definition) is 0. The fourth-order valence-corrected chi connectivity index (χ4v) is 2.42. The van der Waals surface area contributed by atoms with Gasteiger partial charge in [0.15, 0.2) is 0 Å². The van der Waals surface area contributed by atoms with E-state index < -0.39 is 11.7 Å². The van der Waals surface area contributed by atoms with Crippen molar-refractivity contribution in [2.45, 2.75) is 6.18 Å². The van der Waals surface area contributed by atoms with Gasteiger partial charge in [-0.1, -0.05) is 41.9 Å². The minimum atomic E-state index is -4.46. The van der Waals surface area contributed by atoms with E-state index in [4.69, 9.17) is 11.6 Å². The Morgan fingerprint density at radius 1 is 0.950 bits per heavy atom. The zero-order valence-electron chi connectivity index (χ0n) is 10.1. The average Bonchev–Trinajstić information content (AvgIpc) is 2.80. The first-order valence-electron chi connectivity index (χ1n) is 5.90. The SMILES string of the molecule is FC(F)(F)c1cc2[nH]c(-c3ccccc3)cc2cc1Cl. The molecule has 1 aromatic heterocycles. The highest BCUT2D eigenvalue weighted by Crippen LogP contribution is 2.37. The van der Waals surface area contributed by atoms with Crippen molar-refractivity contribution in [1.29, 1.82) is 0 Å². The van der Waals surface area contributed by atoms with Gasteiger partial charge in [0, 0.05) is 16.6 Å². The zero-order chi connectivity index (χ0) is 14.3. The van der Waals surface area contributed by atoms with Crippen LogP contribution in [0.5, 0.6) is 0 Å². The number of aromatic nitrogens is 1. The van der Waals surface area contributed by atoms with Crippen molar-refractivity contribution in [1.82, 2.24) is 4.98 Å². The molecule has 102 valence electrons. The van der Waals surface area contributed by atoms with Crippen molar-refractivity contribution >= 4 is 22.5 Å². The van der Waals surface area contributed by atoms with Crippen LogP contribution in [0.25, 0.3) is 22.2 Å². The molecule has 0 radical (unpaired) electrons. The first-order chi connectivity index (χ1) is 9.45. The second kappa shape index (κ2) is 4.56. The van der Waals surface area contributed by atoms with Gasteiger partial charge in [0.1, 0.15) is 0 Å². The molecule has 0 unspecified atom stereocenters. The first kappa shape index (κ1) is 13.1. The maximum atomic E-state index is 12.8. The standard InChI is InChI=1S/C15H9ClF3N/c16-12-6-10-7-13(9-4-2-1-3-5-9)20-14(10)8-11(12)15(17,18)19/h1-8,20H. The lowest BCUT2D eigenvalue weighted by Crippen LogP contribution is -2.05. The summed E-state index contributed by atoms with van der Waals surface area (Å²) in [5, 5.41) is 0.366. The van der Waals surface area contributed by atoms with Crippen LogP contribution < -0.4 is 0 Å². The lowest BCUT2D eigenvalue weighted by atomic mass is 10.1. The monoisotopic (exact) mass is 295 g/mol. The quantitative estimate of drug-likeness (QED) is 0.609. The lowest BCUT2D eigenvalue weighted by molar-refractivity contribution is -0.137. The number of H-pyrrole nitrogens is 1. The van der Waals surface area contributed by atoms with Gasteiger partial charge in [-0.05, 0) is 23.8 Å². The fourth-order valence-electron chi connectivity index (χ4n) is 2.14. The van der Waals surface area contributed by atoms with Gasteiger partial charge in [-0.25, -0.2) is 0 Å². The maximum absolute atomic E-state index is 12.8. The summed E-state index contributed by atoms with van der Waals surface area (Å²) in [5.74, 6) is 0. The second-order valence-corrected chi connectivity index (χ2v) is 4.87. The Balaban J connectivity index is 2.17. The normalized spacial score (nSPS) is 12.0. The van der Waals surface area contributed by atoms with Gasteiger partial charge in [-0.15, -0.1) is 0 Å². The van der Waals surface area contributed by atoms with E-state index >= 15 is 0 Å². The van der Waals surface area contributed by atoms with Crippen LogP contribution in [0, 0.1) is 0 Å². The highest BCUT2D eigenvalue weighted by atomic mass is 35.5. The van der Waals surface area contributed by atoms with Crippen LogP contribution in [0.15, 0.2) is 48.5 Å². The van der Waals surface area contributed by atoms with Crippen LogP contribution in [0.1, 0.15) is 5.56 Å². The predicted octanol–water partition coefficient (Wildman–Crippen LogP) is 5.51. The van der Waals surface area contributed by atoms with Crippen molar-refractivity contribution in [3.05, 3.63) is 59.1 Å². The lowest BCUT2D eigenvalue weighted by Gasteiger charge is -2.08. The Labute approximate surface area is 118 Å².